The molecule has 0 saturated carbocycles. The lowest BCUT2D eigenvalue weighted by Crippen LogP contribution is -2.50. The van der Waals surface area contributed by atoms with Crippen LogP contribution in [0, 0.1) is 0 Å². The number of ether oxygens (including phenoxy) is 1. The van der Waals surface area contributed by atoms with E-state index in [-0.39, 0.29) is 0 Å². The van der Waals surface area contributed by atoms with Crippen molar-refractivity contribution in [1.82, 2.24) is 10.3 Å². The lowest BCUT2D eigenvalue weighted by Gasteiger charge is -2.31. The average molecular weight is 383 g/mol. The molecule has 0 bridgehead atoms. The highest BCUT2D eigenvalue weighted by atomic mass is 16.5. The Balaban J connectivity index is 0.000000377. The van der Waals surface area contributed by atoms with Crippen LogP contribution in [0.4, 0.5) is 5.69 Å². The van der Waals surface area contributed by atoms with E-state index in [2.05, 4.69) is 33.8 Å². The summed E-state index contributed by atoms with van der Waals surface area (Å²) in [5.41, 5.74) is 1.42. The molecule has 5 heteroatoms. The normalized spacial score (nSPS) is 21.4. The highest BCUT2D eigenvalue weighted by Gasteiger charge is 2.40. The summed E-state index contributed by atoms with van der Waals surface area (Å²) in [5.74, 6) is 0.838. The lowest BCUT2D eigenvalue weighted by molar-refractivity contribution is 0.123. The van der Waals surface area contributed by atoms with E-state index >= 15 is 0 Å². The summed E-state index contributed by atoms with van der Waals surface area (Å²) in [7, 11) is 1.71. The Hall–Kier alpha value is -2.53. The van der Waals surface area contributed by atoms with Crippen LogP contribution in [0.3, 0.4) is 0 Å². The maximum absolute atomic E-state index is 6.17. The first-order valence-corrected chi connectivity index (χ1v) is 10.1. The summed E-state index contributed by atoms with van der Waals surface area (Å²) in [6, 6.07) is 8.38. The molecule has 1 spiro atoms. The number of rotatable bonds is 1. The average Bonchev–Trinajstić information content (AvgIpc) is 3.11. The van der Waals surface area contributed by atoms with Crippen LogP contribution in [0.2, 0.25) is 0 Å². The minimum Gasteiger partial charge on any atom is -0.465 e. The van der Waals surface area contributed by atoms with Gasteiger partial charge in [0.25, 0.3) is 0 Å². The van der Waals surface area contributed by atoms with E-state index < -0.39 is 5.72 Å². The quantitative estimate of drug-likeness (QED) is 0.641. The third-order valence-electron chi connectivity index (χ3n) is 4.11. The Bertz CT molecular complexity index is 800. The van der Waals surface area contributed by atoms with Crippen molar-refractivity contribution in [3.05, 3.63) is 43.1 Å². The number of allylic oxidation sites excluding steroid dienone is 1. The van der Waals surface area contributed by atoms with Gasteiger partial charge in [0.05, 0.1) is 11.7 Å². The molecule has 1 saturated heterocycles. The molecule has 2 aromatic rings. The minimum atomic E-state index is -0.414. The molecule has 28 heavy (non-hydrogen) atoms. The van der Waals surface area contributed by atoms with Crippen molar-refractivity contribution >= 4 is 29.0 Å². The topological polar surface area (TPSA) is 58.9 Å². The number of benzene rings is 1. The highest BCUT2D eigenvalue weighted by molar-refractivity contribution is 5.96. The van der Waals surface area contributed by atoms with Gasteiger partial charge in [-0.15, -0.1) is 0 Å². The van der Waals surface area contributed by atoms with Gasteiger partial charge in [-0.25, -0.2) is 0 Å². The van der Waals surface area contributed by atoms with E-state index in [1.165, 1.54) is 0 Å². The van der Waals surface area contributed by atoms with Crippen molar-refractivity contribution < 1.29 is 4.74 Å². The van der Waals surface area contributed by atoms with E-state index in [4.69, 9.17) is 4.74 Å². The molecule has 0 radical (unpaired) electrons. The Labute approximate surface area is 169 Å². The van der Waals surface area contributed by atoms with Gasteiger partial charge in [-0.2, -0.15) is 0 Å². The molecule has 2 aliphatic rings. The molecule has 1 aromatic heterocycles. The first-order chi connectivity index (χ1) is 13.7. The predicted octanol–water partition coefficient (Wildman–Crippen LogP) is 5.72. The number of nitrogens with zero attached hydrogens (tertiary/aromatic N) is 3. The largest absolute Gasteiger partial charge is 0.465 e. The van der Waals surface area contributed by atoms with E-state index in [0.717, 1.165) is 35.2 Å². The molecule has 2 atom stereocenters. The van der Waals surface area contributed by atoms with Gasteiger partial charge in [0.2, 0.25) is 0 Å². The Morgan fingerprint density at radius 2 is 2.00 bits per heavy atom. The molecule has 152 valence electrons. The third kappa shape index (κ3) is 5.73. The maximum atomic E-state index is 6.17. The zero-order valence-corrected chi connectivity index (χ0v) is 18.1. The number of hydrogen-bond donors (Lipinski definition) is 1. The van der Waals surface area contributed by atoms with E-state index in [1.54, 1.807) is 25.5 Å². The van der Waals surface area contributed by atoms with Gasteiger partial charge in [0.1, 0.15) is 11.4 Å². The second-order valence-electron chi connectivity index (χ2n) is 5.96. The van der Waals surface area contributed by atoms with Crippen LogP contribution >= 0.6 is 0 Å². The van der Waals surface area contributed by atoms with Gasteiger partial charge < -0.3 is 4.74 Å². The van der Waals surface area contributed by atoms with Crippen LogP contribution in [-0.4, -0.2) is 36.2 Å². The first kappa shape index (κ1) is 23.5. The van der Waals surface area contributed by atoms with Crippen molar-refractivity contribution in [2.75, 3.05) is 7.05 Å². The molecule has 1 N–H and O–H groups in total. The van der Waals surface area contributed by atoms with Crippen LogP contribution in [0.15, 0.2) is 53.1 Å². The van der Waals surface area contributed by atoms with Gasteiger partial charge in [-0.3, -0.25) is 20.3 Å². The van der Waals surface area contributed by atoms with Gasteiger partial charge in [0, 0.05) is 37.3 Å². The van der Waals surface area contributed by atoms with Crippen LogP contribution in [0.1, 0.15) is 47.5 Å². The van der Waals surface area contributed by atoms with Crippen LogP contribution in [-0.2, 0) is 0 Å². The fourth-order valence-electron chi connectivity index (χ4n) is 3.00. The van der Waals surface area contributed by atoms with Crippen LogP contribution in [0.25, 0.3) is 10.9 Å². The minimum absolute atomic E-state index is 0.414. The molecule has 2 aliphatic heterocycles. The molecular formula is C23H34N4O. The molecular weight excluding hydrogens is 348 g/mol. The van der Waals surface area contributed by atoms with Gasteiger partial charge in [-0.1, -0.05) is 40.3 Å². The van der Waals surface area contributed by atoms with E-state index in [9.17, 15) is 0 Å². The molecule has 0 aliphatic carbocycles. The Morgan fingerprint density at radius 1 is 1.25 bits per heavy atom. The first-order valence-electron chi connectivity index (χ1n) is 10.1. The summed E-state index contributed by atoms with van der Waals surface area (Å²) < 4.78 is 6.17. The SMILES string of the molecule is C=CC=NC.CC.CC.CC1CCC2(C=Nc3c(ccc4ncccc34)O2)N1. The molecule has 5 nitrogen and oxygen atoms in total. The lowest BCUT2D eigenvalue weighted by atomic mass is 10.1. The number of pyridine rings is 1. The molecule has 1 fully saturated rings. The Kier molecular flexibility index (Phi) is 10.1. The summed E-state index contributed by atoms with van der Waals surface area (Å²) in [5, 5.41) is 4.51. The second kappa shape index (κ2) is 12.0. The summed E-state index contributed by atoms with van der Waals surface area (Å²) in [4.78, 5) is 12.6. The molecule has 2 unspecified atom stereocenters. The fraction of sp³-hybridized carbons (Fsp3) is 0.435. The maximum Gasteiger partial charge on any atom is 0.197 e. The van der Waals surface area contributed by atoms with Crippen molar-refractivity contribution in [3.8, 4) is 5.75 Å². The number of fused-ring (bicyclic) bond motifs is 3. The molecule has 3 heterocycles. The highest BCUT2D eigenvalue weighted by Crippen LogP contribution is 2.41. The standard InChI is InChI=1S/C15H15N3O.C4H7N.2C2H6/c1-10-6-7-15(18-10)9-17-14-11-3-2-8-16-12(11)4-5-13(14)19-15;1-3-4-5-2;2*1-2/h2-5,8-10,18H,6-7H2,1H3;3-4H,1H2,2H3;2*1-2H3. The third-order valence-corrected chi connectivity index (χ3v) is 4.11. The van der Waals surface area contributed by atoms with Gasteiger partial charge in [-0.05, 0) is 37.6 Å². The van der Waals surface area contributed by atoms with Crippen molar-refractivity contribution in [2.24, 2.45) is 9.98 Å². The van der Waals surface area contributed by atoms with Crippen LogP contribution in [0.5, 0.6) is 5.75 Å². The number of aromatic nitrogens is 1. The second-order valence-corrected chi connectivity index (χ2v) is 5.96. The van der Waals surface area contributed by atoms with Crippen LogP contribution < -0.4 is 10.1 Å². The zero-order valence-electron chi connectivity index (χ0n) is 18.1. The monoisotopic (exact) mass is 382 g/mol. The smallest absolute Gasteiger partial charge is 0.197 e. The summed E-state index contributed by atoms with van der Waals surface area (Å²) in [6.45, 7) is 13.6. The predicted molar refractivity (Wildman–Crippen MR) is 122 cm³/mol. The fourth-order valence-corrected chi connectivity index (χ4v) is 3.00. The number of hydrogen-bond acceptors (Lipinski definition) is 5. The van der Waals surface area contributed by atoms with E-state index in [0.29, 0.717) is 6.04 Å². The number of nitrogens with one attached hydrogen (secondary N) is 1. The van der Waals surface area contributed by atoms with E-state index in [1.807, 2.05) is 58.2 Å². The Morgan fingerprint density at radius 3 is 2.57 bits per heavy atom. The summed E-state index contributed by atoms with van der Waals surface area (Å²) in [6.07, 6.45) is 9.05. The van der Waals surface area contributed by atoms with Crippen molar-refractivity contribution in [2.45, 2.75) is 59.2 Å². The number of aliphatic imine (C=N–C) groups is 2. The van der Waals surface area contributed by atoms with Gasteiger partial charge >= 0.3 is 0 Å². The molecule has 0 amide bonds. The molecule has 4 rings (SSSR count). The zero-order chi connectivity index (χ0) is 21.0. The van der Waals surface area contributed by atoms with Crippen molar-refractivity contribution in [1.29, 1.82) is 0 Å². The molecule has 1 aromatic carbocycles. The van der Waals surface area contributed by atoms with Crippen molar-refractivity contribution in [3.63, 3.8) is 0 Å². The summed E-state index contributed by atoms with van der Waals surface area (Å²) >= 11 is 0. The van der Waals surface area contributed by atoms with Gasteiger partial charge in [0.15, 0.2) is 5.72 Å².